The highest BCUT2D eigenvalue weighted by Crippen LogP contribution is 2.65. The van der Waals surface area contributed by atoms with Gasteiger partial charge in [-0.2, -0.15) is 0 Å². The maximum Gasteiger partial charge on any atom is 0.0459 e. The third-order valence-corrected chi connectivity index (χ3v) is 5.06. The average molecular weight is 240 g/mol. The first-order valence-electron chi connectivity index (χ1n) is 7.50. The predicted octanol–water partition coefficient (Wildman–Crippen LogP) is 4.64. The SMILES string of the molecule is CCC(CO)CCCC1(CC)CC1C(C)(C)C. The molecule has 17 heavy (non-hydrogen) atoms. The Morgan fingerprint density at radius 1 is 1.29 bits per heavy atom. The molecule has 0 aromatic carbocycles. The van der Waals surface area contributed by atoms with Gasteiger partial charge in [-0.25, -0.2) is 0 Å². The second-order valence-electron chi connectivity index (χ2n) is 7.19. The Balaban J connectivity index is 2.36. The highest BCUT2D eigenvalue weighted by Gasteiger charge is 2.56. The quantitative estimate of drug-likeness (QED) is 0.687. The van der Waals surface area contributed by atoms with E-state index in [9.17, 15) is 5.11 Å². The summed E-state index contributed by atoms with van der Waals surface area (Å²) in [7, 11) is 0. The van der Waals surface area contributed by atoms with Crippen LogP contribution in [-0.2, 0) is 0 Å². The van der Waals surface area contributed by atoms with Crippen LogP contribution < -0.4 is 0 Å². The smallest absolute Gasteiger partial charge is 0.0459 e. The minimum atomic E-state index is 0.373. The second kappa shape index (κ2) is 5.73. The molecule has 0 amide bonds. The Morgan fingerprint density at radius 3 is 2.29 bits per heavy atom. The van der Waals surface area contributed by atoms with E-state index in [1.807, 2.05) is 0 Å². The Labute approximate surface area is 108 Å². The van der Waals surface area contributed by atoms with E-state index in [1.54, 1.807) is 0 Å². The Bertz CT molecular complexity index is 224. The zero-order valence-electron chi connectivity index (χ0n) is 12.6. The van der Waals surface area contributed by atoms with E-state index in [0.717, 1.165) is 12.3 Å². The molecule has 0 aliphatic heterocycles. The summed E-state index contributed by atoms with van der Waals surface area (Å²) in [5, 5.41) is 9.21. The molecular formula is C16H32O. The first-order valence-corrected chi connectivity index (χ1v) is 7.50. The molecule has 0 aromatic rings. The maximum atomic E-state index is 9.21. The lowest BCUT2D eigenvalue weighted by molar-refractivity contribution is 0.202. The molecule has 0 aromatic heterocycles. The van der Waals surface area contributed by atoms with Crippen LogP contribution in [0.15, 0.2) is 0 Å². The van der Waals surface area contributed by atoms with Crippen LogP contribution in [-0.4, -0.2) is 11.7 Å². The van der Waals surface area contributed by atoms with Crippen molar-refractivity contribution in [1.29, 1.82) is 0 Å². The normalized spacial score (nSPS) is 30.4. The Hall–Kier alpha value is -0.0400. The molecule has 1 saturated carbocycles. The van der Waals surface area contributed by atoms with Crippen LogP contribution in [0, 0.1) is 22.7 Å². The van der Waals surface area contributed by atoms with Crippen molar-refractivity contribution in [2.75, 3.05) is 6.61 Å². The van der Waals surface area contributed by atoms with Gasteiger partial charge in [-0.05, 0) is 41.9 Å². The van der Waals surface area contributed by atoms with E-state index in [4.69, 9.17) is 0 Å². The molecule has 3 atom stereocenters. The van der Waals surface area contributed by atoms with Gasteiger partial charge in [0.1, 0.15) is 0 Å². The number of hydrogen-bond acceptors (Lipinski definition) is 1. The molecule has 0 radical (unpaired) electrons. The van der Waals surface area contributed by atoms with Crippen molar-refractivity contribution >= 4 is 0 Å². The van der Waals surface area contributed by atoms with Crippen molar-refractivity contribution in [2.45, 2.75) is 73.1 Å². The molecule has 1 N–H and O–H groups in total. The molecule has 1 aliphatic carbocycles. The zero-order chi connectivity index (χ0) is 13.1. The van der Waals surface area contributed by atoms with Crippen molar-refractivity contribution < 1.29 is 5.11 Å². The number of hydrogen-bond donors (Lipinski definition) is 1. The first-order chi connectivity index (χ1) is 7.89. The predicted molar refractivity (Wildman–Crippen MR) is 75.0 cm³/mol. The van der Waals surface area contributed by atoms with E-state index in [2.05, 4.69) is 34.6 Å². The fourth-order valence-electron chi connectivity index (χ4n) is 3.58. The summed E-state index contributed by atoms with van der Waals surface area (Å²) in [6.07, 6.45) is 7.79. The number of rotatable bonds is 7. The van der Waals surface area contributed by atoms with Gasteiger partial charge in [0.25, 0.3) is 0 Å². The first kappa shape index (κ1) is 15.0. The van der Waals surface area contributed by atoms with Crippen LogP contribution in [0.25, 0.3) is 0 Å². The van der Waals surface area contributed by atoms with Crippen molar-refractivity contribution in [3.8, 4) is 0 Å². The van der Waals surface area contributed by atoms with Crippen LogP contribution >= 0.6 is 0 Å². The van der Waals surface area contributed by atoms with Crippen LogP contribution in [0.1, 0.15) is 73.1 Å². The molecular weight excluding hydrogens is 208 g/mol. The van der Waals surface area contributed by atoms with E-state index in [1.165, 1.54) is 32.1 Å². The molecule has 102 valence electrons. The number of aliphatic hydroxyl groups excluding tert-OH is 1. The molecule has 0 spiro atoms. The van der Waals surface area contributed by atoms with Gasteiger partial charge in [0.05, 0.1) is 0 Å². The van der Waals surface area contributed by atoms with Gasteiger partial charge in [0, 0.05) is 6.61 Å². The second-order valence-corrected chi connectivity index (χ2v) is 7.19. The maximum absolute atomic E-state index is 9.21. The summed E-state index contributed by atoms with van der Waals surface area (Å²) in [5.74, 6) is 1.46. The summed E-state index contributed by atoms with van der Waals surface area (Å²) in [4.78, 5) is 0. The van der Waals surface area contributed by atoms with Crippen molar-refractivity contribution in [3.63, 3.8) is 0 Å². The van der Waals surface area contributed by atoms with Gasteiger partial charge in [-0.1, -0.05) is 53.9 Å². The van der Waals surface area contributed by atoms with Gasteiger partial charge in [0.15, 0.2) is 0 Å². The van der Waals surface area contributed by atoms with Crippen LogP contribution in [0.5, 0.6) is 0 Å². The highest BCUT2D eigenvalue weighted by molar-refractivity contribution is 5.05. The molecule has 1 rings (SSSR count). The lowest BCUT2D eigenvalue weighted by Gasteiger charge is -2.25. The monoisotopic (exact) mass is 240 g/mol. The van der Waals surface area contributed by atoms with Crippen molar-refractivity contribution in [2.24, 2.45) is 22.7 Å². The largest absolute Gasteiger partial charge is 0.396 e. The summed E-state index contributed by atoms with van der Waals surface area (Å²) in [5.41, 5.74) is 1.13. The van der Waals surface area contributed by atoms with Gasteiger partial charge in [-0.15, -0.1) is 0 Å². The topological polar surface area (TPSA) is 20.2 Å². The van der Waals surface area contributed by atoms with Gasteiger partial charge >= 0.3 is 0 Å². The van der Waals surface area contributed by atoms with Crippen molar-refractivity contribution in [1.82, 2.24) is 0 Å². The molecule has 0 saturated heterocycles. The molecule has 1 fully saturated rings. The minimum absolute atomic E-state index is 0.373. The average Bonchev–Trinajstić information content (AvgIpc) is 3.00. The third kappa shape index (κ3) is 3.71. The zero-order valence-corrected chi connectivity index (χ0v) is 12.6. The summed E-state index contributed by atoms with van der Waals surface area (Å²) >= 11 is 0. The molecule has 1 nitrogen and oxygen atoms in total. The van der Waals surface area contributed by atoms with E-state index >= 15 is 0 Å². The lowest BCUT2D eigenvalue weighted by atomic mass is 9.81. The molecule has 1 heteroatoms. The minimum Gasteiger partial charge on any atom is -0.396 e. The van der Waals surface area contributed by atoms with Gasteiger partial charge in [0.2, 0.25) is 0 Å². The molecule has 0 heterocycles. The van der Waals surface area contributed by atoms with E-state index in [-0.39, 0.29) is 0 Å². The van der Waals surface area contributed by atoms with Crippen molar-refractivity contribution in [3.05, 3.63) is 0 Å². The highest BCUT2D eigenvalue weighted by atomic mass is 16.3. The molecule has 1 aliphatic rings. The number of aliphatic hydroxyl groups is 1. The van der Waals surface area contributed by atoms with Crippen LogP contribution in [0.4, 0.5) is 0 Å². The van der Waals surface area contributed by atoms with Gasteiger partial charge in [-0.3, -0.25) is 0 Å². The Morgan fingerprint density at radius 2 is 1.94 bits per heavy atom. The lowest BCUT2D eigenvalue weighted by Crippen LogP contribution is -2.16. The van der Waals surface area contributed by atoms with E-state index < -0.39 is 0 Å². The standard InChI is InChI=1S/C16H32O/c1-6-13(12-17)9-8-10-16(7-2)11-14(16)15(3,4)5/h13-14,17H,6-12H2,1-5H3. The summed E-state index contributed by atoms with van der Waals surface area (Å²) < 4.78 is 0. The summed E-state index contributed by atoms with van der Waals surface area (Å²) in [6, 6.07) is 0. The van der Waals surface area contributed by atoms with E-state index in [0.29, 0.717) is 23.4 Å². The summed E-state index contributed by atoms with van der Waals surface area (Å²) in [6.45, 7) is 12.1. The molecule has 3 unspecified atom stereocenters. The van der Waals surface area contributed by atoms with Gasteiger partial charge < -0.3 is 5.11 Å². The Kier molecular flexibility index (Phi) is 5.07. The molecule has 0 bridgehead atoms. The fourth-order valence-corrected chi connectivity index (χ4v) is 3.58. The van der Waals surface area contributed by atoms with Crippen LogP contribution in [0.3, 0.4) is 0 Å². The third-order valence-electron chi connectivity index (χ3n) is 5.06. The fraction of sp³-hybridized carbons (Fsp3) is 1.00. The van der Waals surface area contributed by atoms with Crippen LogP contribution in [0.2, 0.25) is 0 Å².